The van der Waals surface area contributed by atoms with Crippen LogP contribution in [0.2, 0.25) is 0 Å². The molecule has 10 heteroatoms. The van der Waals surface area contributed by atoms with Crippen LogP contribution >= 0.6 is 0 Å². The first-order valence-electron chi connectivity index (χ1n) is 12.2. The summed E-state index contributed by atoms with van der Waals surface area (Å²) in [6.07, 6.45) is 10.6. The maximum Gasteiger partial charge on any atom is 0.250 e. The van der Waals surface area contributed by atoms with Crippen LogP contribution in [-0.2, 0) is 12.8 Å². The van der Waals surface area contributed by atoms with Crippen LogP contribution in [-0.4, -0.2) is 44.7 Å². The molecule has 0 aliphatic heterocycles. The van der Waals surface area contributed by atoms with Gasteiger partial charge in [-0.15, -0.1) is 0 Å². The highest BCUT2D eigenvalue weighted by atomic mass is 16.5. The fourth-order valence-electron chi connectivity index (χ4n) is 3.26. The van der Waals surface area contributed by atoms with Gasteiger partial charge in [-0.05, 0) is 60.4 Å². The minimum Gasteiger partial charge on any atom is -0.504 e. The lowest BCUT2D eigenvalue weighted by Gasteiger charge is -2.07. The van der Waals surface area contributed by atoms with Crippen LogP contribution in [0.5, 0.6) is 23.0 Å². The second-order valence-corrected chi connectivity index (χ2v) is 8.13. The average Bonchev–Trinajstić information content (AvgIpc) is 3.58. The Labute approximate surface area is 221 Å². The van der Waals surface area contributed by atoms with Gasteiger partial charge < -0.3 is 28.7 Å². The first-order chi connectivity index (χ1) is 18.4. The van der Waals surface area contributed by atoms with Gasteiger partial charge in [-0.3, -0.25) is 0 Å². The minimum absolute atomic E-state index is 0.143. The van der Waals surface area contributed by atoms with E-state index in [0.717, 1.165) is 42.6 Å². The van der Waals surface area contributed by atoms with Crippen molar-refractivity contribution in [2.24, 2.45) is 0 Å². The summed E-state index contributed by atoms with van der Waals surface area (Å²) < 4.78 is 20.6. The zero-order valence-corrected chi connectivity index (χ0v) is 21.9. The number of aryl methyl sites for hydroxylation is 2. The molecular weight excluding hydrogens is 488 g/mol. The highest BCUT2D eigenvalue weighted by Crippen LogP contribution is 2.28. The average molecular weight is 521 g/mol. The van der Waals surface area contributed by atoms with E-state index in [4.69, 9.17) is 18.5 Å². The second kappa shape index (κ2) is 14.2. The van der Waals surface area contributed by atoms with E-state index in [9.17, 15) is 10.2 Å². The number of phenols is 2. The van der Waals surface area contributed by atoms with Crippen molar-refractivity contribution in [3.63, 3.8) is 0 Å². The SMILES string of the molecule is CCCc1noc(C=Cc2ccc(O)c(O)c2)n1.CCCc1noc(C=Cc2ccc(OC)c(OC)c2)n1. The van der Waals surface area contributed by atoms with Crippen molar-refractivity contribution < 1.29 is 28.7 Å². The molecule has 200 valence electrons. The van der Waals surface area contributed by atoms with Gasteiger partial charge in [0.25, 0.3) is 11.8 Å². The molecule has 2 heterocycles. The van der Waals surface area contributed by atoms with Crippen molar-refractivity contribution >= 4 is 24.3 Å². The van der Waals surface area contributed by atoms with E-state index in [2.05, 4.69) is 27.2 Å². The second-order valence-electron chi connectivity index (χ2n) is 8.13. The molecular formula is C28H32N4O6. The summed E-state index contributed by atoms with van der Waals surface area (Å²) in [5.41, 5.74) is 1.71. The lowest BCUT2D eigenvalue weighted by atomic mass is 10.2. The Morgan fingerprint density at radius 1 is 0.684 bits per heavy atom. The Hall–Kier alpha value is -4.60. The molecule has 0 amide bonds. The van der Waals surface area contributed by atoms with Crippen molar-refractivity contribution in [3.05, 3.63) is 71.0 Å². The van der Waals surface area contributed by atoms with Crippen LogP contribution in [0, 0.1) is 0 Å². The van der Waals surface area contributed by atoms with E-state index < -0.39 is 0 Å². The van der Waals surface area contributed by atoms with Gasteiger partial charge in [0, 0.05) is 25.0 Å². The number of ether oxygens (including phenoxy) is 2. The number of aromatic nitrogens is 4. The van der Waals surface area contributed by atoms with E-state index >= 15 is 0 Å². The van der Waals surface area contributed by atoms with Crippen LogP contribution in [0.3, 0.4) is 0 Å². The Morgan fingerprint density at radius 2 is 1.21 bits per heavy atom. The zero-order valence-electron chi connectivity index (χ0n) is 21.9. The summed E-state index contributed by atoms with van der Waals surface area (Å²) in [5, 5.41) is 26.2. The van der Waals surface area contributed by atoms with Crippen molar-refractivity contribution in [2.45, 2.75) is 39.5 Å². The quantitative estimate of drug-likeness (QED) is 0.246. The largest absolute Gasteiger partial charge is 0.504 e. The first kappa shape index (κ1) is 28.0. The monoisotopic (exact) mass is 520 g/mol. The number of phenolic OH excluding ortho intramolecular Hbond substituents is 2. The van der Waals surface area contributed by atoms with E-state index in [1.54, 1.807) is 38.5 Å². The molecule has 0 radical (unpaired) electrons. The maximum absolute atomic E-state index is 9.34. The number of hydrogen-bond donors (Lipinski definition) is 2. The highest BCUT2D eigenvalue weighted by molar-refractivity contribution is 5.68. The molecule has 10 nitrogen and oxygen atoms in total. The fourth-order valence-corrected chi connectivity index (χ4v) is 3.26. The zero-order chi connectivity index (χ0) is 27.3. The number of benzene rings is 2. The standard InChI is InChI=1S/C15H18N2O3.C13H14N2O3/c1-4-5-14-16-15(20-17-14)9-7-11-6-8-12(18-2)13(10-11)19-3;1-2-3-12-14-13(18-15-12)7-5-9-4-6-10(16)11(17)8-9/h6-10H,4-5H2,1-3H3;4-8,16-17H,2-3H2,1H3. The Balaban J connectivity index is 0.000000212. The molecule has 0 fully saturated rings. The van der Waals surface area contributed by atoms with Crippen LogP contribution in [0.4, 0.5) is 0 Å². The summed E-state index contributed by atoms with van der Waals surface area (Å²) in [4.78, 5) is 8.45. The molecule has 0 saturated heterocycles. The Kier molecular flexibility index (Phi) is 10.5. The highest BCUT2D eigenvalue weighted by Gasteiger charge is 2.05. The lowest BCUT2D eigenvalue weighted by Crippen LogP contribution is -1.90. The molecule has 0 spiro atoms. The van der Waals surface area contributed by atoms with Crippen LogP contribution < -0.4 is 9.47 Å². The molecule has 4 rings (SSSR count). The van der Waals surface area contributed by atoms with Gasteiger partial charge in [0.15, 0.2) is 34.6 Å². The van der Waals surface area contributed by atoms with Crippen molar-refractivity contribution in [1.29, 1.82) is 0 Å². The van der Waals surface area contributed by atoms with E-state index in [1.807, 2.05) is 31.2 Å². The normalized spacial score (nSPS) is 11.1. The van der Waals surface area contributed by atoms with Gasteiger partial charge in [0.1, 0.15) is 0 Å². The Bertz CT molecular complexity index is 1360. The van der Waals surface area contributed by atoms with Crippen LogP contribution in [0.1, 0.15) is 61.2 Å². The van der Waals surface area contributed by atoms with Crippen LogP contribution in [0.25, 0.3) is 24.3 Å². The molecule has 2 aromatic heterocycles. The van der Waals surface area contributed by atoms with E-state index in [0.29, 0.717) is 29.1 Å². The smallest absolute Gasteiger partial charge is 0.250 e. The van der Waals surface area contributed by atoms with Gasteiger partial charge in [-0.1, -0.05) is 36.3 Å². The molecule has 38 heavy (non-hydrogen) atoms. The van der Waals surface area contributed by atoms with Gasteiger partial charge in [0.2, 0.25) is 0 Å². The van der Waals surface area contributed by atoms with Gasteiger partial charge in [-0.25, -0.2) is 0 Å². The number of methoxy groups -OCH3 is 2. The van der Waals surface area contributed by atoms with Gasteiger partial charge in [-0.2, -0.15) is 9.97 Å². The Morgan fingerprint density at radius 3 is 1.71 bits per heavy atom. The van der Waals surface area contributed by atoms with Crippen LogP contribution in [0.15, 0.2) is 45.4 Å². The minimum atomic E-state index is -0.158. The van der Waals surface area contributed by atoms with Crippen molar-refractivity contribution in [1.82, 2.24) is 20.3 Å². The molecule has 4 aromatic rings. The molecule has 0 bridgehead atoms. The fraction of sp³-hybridized carbons (Fsp3) is 0.286. The summed E-state index contributed by atoms with van der Waals surface area (Å²) in [6, 6.07) is 10.2. The number of nitrogens with zero attached hydrogens (tertiary/aromatic N) is 4. The van der Waals surface area contributed by atoms with Crippen molar-refractivity contribution in [3.8, 4) is 23.0 Å². The summed E-state index contributed by atoms with van der Waals surface area (Å²) in [5.74, 6) is 3.43. The van der Waals surface area contributed by atoms with E-state index in [-0.39, 0.29) is 11.5 Å². The van der Waals surface area contributed by atoms with Gasteiger partial charge >= 0.3 is 0 Å². The molecule has 0 unspecified atom stereocenters. The molecule has 2 aromatic carbocycles. The molecule has 0 saturated carbocycles. The third-order valence-corrected chi connectivity index (χ3v) is 5.16. The maximum atomic E-state index is 9.34. The number of rotatable bonds is 10. The number of hydrogen-bond acceptors (Lipinski definition) is 10. The third kappa shape index (κ3) is 8.22. The lowest BCUT2D eigenvalue weighted by molar-refractivity contribution is 0.355. The molecule has 0 aliphatic carbocycles. The van der Waals surface area contributed by atoms with Gasteiger partial charge in [0.05, 0.1) is 14.2 Å². The molecule has 0 atom stereocenters. The summed E-state index contributed by atoms with van der Waals surface area (Å²) >= 11 is 0. The summed E-state index contributed by atoms with van der Waals surface area (Å²) in [7, 11) is 3.22. The van der Waals surface area contributed by atoms with Crippen molar-refractivity contribution in [2.75, 3.05) is 14.2 Å². The topological polar surface area (TPSA) is 137 Å². The predicted molar refractivity (Wildman–Crippen MR) is 144 cm³/mol. The summed E-state index contributed by atoms with van der Waals surface area (Å²) in [6.45, 7) is 4.13. The van der Waals surface area contributed by atoms with E-state index in [1.165, 1.54) is 12.1 Å². The number of aromatic hydroxyl groups is 2. The third-order valence-electron chi connectivity index (χ3n) is 5.16. The molecule has 2 N–H and O–H groups in total. The predicted octanol–water partition coefficient (Wildman–Crippen LogP) is 5.81. The first-order valence-corrected chi connectivity index (χ1v) is 12.2. The molecule has 0 aliphatic rings.